The molecule has 0 radical (unpaired) electrons. The highest BCUT2D eigenvalue weighted by atomic mass is 32.2. The third kappa shape index (κ3) is 10.6. The van der Waals surface area contributed by atoms with Gasteiger partial charge in [0.05, 0.1) is 12.3 Å². The van der Waals surface area contributed by atoms with Crippen LogP contribution in [-0.4, -0.2) is 55.7 Å². The number of aliphatic carboxylic acids is 1. The highest BCUT2D eigenvalue weighted by Gasteiger charge is 2.20. The van der Waals surface area contributed by atoms with Gasteiger partial charge in [-0.2, -0.15) is 0 Å². The number of amides is 2. The van der Waals surface area contributed by atoms with Crippen molar-refractivity contribution in [2.24, 2.45) is 0 Å². The van der Waals surface area contributed by atoms with Crippen LogP contribution in [0.3, 0.4) is 0 Å². The highest BCUT2D eigenvalue weighted by Crippen LogP contribution is 1.98. The van der Waals surface area contributed by atoms with E-state index in [2.05, 4.69) is 15.4 Å². The molecule has 0 aliphatic carbocycles. The lowest BCUT2D eigenvalue weighted by atomic mass is 10.1. The molecule has 10 heteroatoms. The maximum atomic E-state index is 11.7. The number of carbonyl (C=O) groups is 3. The largest absolute Gasteiger partial charge is 0.480 e. The van der Waals surface area contributed by atoms with E-state index in [0.717, 1.165) is 0 Å². The van der Waals surface area contributed by atoms with Crippen LogP contribution < -0.4 is 15.4 Å². The molecule has 0 bridgehead atoms. The Morgan fingerprint density at radius 3 is 2.17 bits per heavy atom. The molecule has 0 aliphatic heterocycles. The summed E-state index contributed by atoms with van der Waals surface area (Å²) < 4.78 is 25.5. The quantitative estimate of drug-likeness (QED) is 0.383. The second-order valence-corrected chi connectivity index (χ2v) is 7.29. The van der Waals surface area contributed by atoms with E-state index in [1.165, 1.54) is 0 Å². The molecule has 9 nitrogen and oxygen atoms in total. The van der Waals surface area contributed by atoms with Crippen molar-refractivity contribution in [2.75, 3.05) is 12.3 Å². The number of rotatable bonds is 11. The maximum Gasteiger partial charge on any atom is 0.326 e. The Kier molecular flexibility index (Phi) is 9.42. The first-order chi connectivity index (χ1) is 10.6. The van der Waals surface area contributed by atoms with Crippen LogP contribution in [0.25, 0.3) is 0 Å². The van der Waals surface area contributed by atoms with Crippen LogP contribution in [-0.2, 0) is 24.4 Å². The van der Waals surface area contributed by atoms with Gasteiger partial charge in [0.1, 0.15) is 6.04 Å². The number of hydrogen-bond donors (Lipinski definition) is 4. The van der Waals surface area contributed by atoms with Crippen molar-refractivity contribution in [1.82, 2.24) is 15.4 Å². The Morgan fingerprint density at radius 1 is 1.09 bits per heavy atom. The Morgan fingerprint density at radius 2 is 1.70 bits per heavy atom. The first-order valence-electron chi connectivity index (χ1n) is 7.36. The zero-order valence-corrected chi connectivity index (χ0v) is 14.4. The monoisotopic (exact) mass is 351 g/mol. The summed E-state index contributed by atoms with van der Waals surface area (Å²) in [4.78, 5) is 33.9. The maximum absolute atomic E-state index is 11.7. The second-order valence-electron chi connectivity index (χ2n) is 5.36. The van der Waals surface area contributed by atoms with E-state index < -0.39 is 46.1 Å². The third-order valence-electron chi connectivity index (χ3n) is 2.71. The van der Waals surface area contributed by atoms with Gasteiger partial charge in [0.15, 0.2) is 0 Å². The molecule has 1 atom stereocenters. The third-order valence-corrected chi connectivity index (χ3v) is 4.04. The number of sulfonamides is 1. The van der Waals surface area contributed by atoms with Gasteiger partial charge in [-0.05, 0) is 20.3 Å². The number of carboxylic acid groups (broad SMARTS) is 1. The molecule has 23 heavy (non-hydrogen) atoms. The highest BCUT2D eigenvalue weighted by molar-refractivity contribution is 7.89. The van der Waals surface area contributed by atoms with Gasteiger partial charge < -0.3 is 15.7 Å². The summed E-state index contributed by atoms with van der Waals surface area (Å²) in [6, 6.07) is -1.13. The van der Waals surface area contributed by atoms with E-state index in [9.17, 15) is 22.8 Å². The minimum Gasteiger partial charge on any atom is -0.480 e. The Bertz CT molecular complexity index is 518. The van der Waals surface area contributed by atoms with Gasteiger partial charge >= 0.3 is 5.97 Å². The Balaban J connectivity index is 4.29. The fraction of sp³-hybridized carbons (Fsp3) is 0.769. The van der Waals surface area contributed by atoms with E-state index in [0.29, 0.717) is 6.42 Å². The Hall–Kier alpha value is -1.68. The van der Waals surface area contributed by atoms with Gasteiger partial charge in [-0.25, -0.2) is 17.9 Å². The first-order valence-corrected chi connectivity index (χ1v) is 9.01. The average Bonchev–Trinajstić information content (AvgIpc) is 2.42. The summed E-state index contributed by atoms with van der Waals surface area (Å²) in [5.41, 5.74) is 0. The minimum atomic E-state index is -3.79. The van der Waals surface area contributed by atoms with Crippen molar-refractivity contribution in [2.45, 2.75) is 52.1 Å². The lowest BCUT2D eigenvalue weighted by molar-refractivity contribution is -0.142. The molecule has 2 amide bonds. The lowest BCUT2D eigenvalue weighted by Crippen LogP contribution is -2.43. The molecule has 0 saturated heterocycles. The summed E-state index contributed by atoms with van der Waals surface area (Å²) in [5, 5.41) is 13.7. The van der Waals surface area contributed by atoms with Gasteiger partial charge in [-0.3, -0.25) is 9.59 Å². The van der Waals surface area contributed by atoms with Crippen LogP contribution in [0.1, 0.15) is 40.0 Å². The minimum absolute atomic E-state index is 0.107. The lowest BCUT2D eigenvalue weighted by Gasteiger charge is -2.13. The topological polar surface area (TPSA) is 142 Å². The van der Waals surface area contributed by atoms with Gasteiger partial charge in [-0.1, -0.05) is 13.3 Å². The molecule has 4 N–H and O–H groups in total. The molecular weight excluding hydrogens is 326 g/mol. The molecule has 0 spiro atoms. The van der Waals surface area contributed by atoms with E-state index in [1.54, 1.807) is 20.8 Å². The second kappa shape index (κ2) is 10.2. The molecule has 0 heterocycles. The Labute approximate surface area is 136 Å². The van der Waals surface area contributed by atoms with Crippen molar-refractivity contribution in [1.29, 1.82) is 0 Å². The molecule has 0 fully saturated rings. The average molecular weight is 351 g/mol. The number of carbonyl (C=O) groups excluding carboxylic acids is 2. The molecular formula is C13H25N3O6S. The predicted molar refractivity (Wildman–Crippen MR) is 84.2 cm³/mol. The SMILES string of the molecule is CCCC(NC(=O)CCS(=O)(=O)NCC(=O)NC(C)C)C(=O)O. The molecule has 0 saturated carbocycles. The zero-order valence-electron chi connectivity index (χ0n) is 13.6. The molecule has 0 aromatic carbocycles. The molecule has 0 aromatic heterocycles. The fourth-order valence-corrected chi connectivity index (χ4v) is 2.61. The fourth-order valence-electron chi connectivity index (χ4n) is 1.66. The normalized spacial score (nSPS) is 12.7. The summed E-state index contributed by atoms with van der Waals surface area (Å²) in [7, 11) is -3.79. The van der Waals surface area contributed by atoms with Crippen LogP contribution in [0, 0.1) is 0 Å². The van der Waals surface area contributed by atoms with Crippen LogP contribution in [0.5, 0.6) is 0 Å². The molecule has 0 aliphatic rings. The summed E-state index contributed by atoms with van der Waals surface area (Å²) in [6.45, 7) is 4.85. The van der Waals surface area contributed by atoms with Crippen molar-refractivity contribution in [3.05, 3.63) is 0 Å². The van der Waals surface area contributed by atoms with Gasteiger partial charge in [0, 0.05) is 12.5 Å². The van der Waals surface area contributed by atoms with E-state index in [4.69, 9.17) is 5.11 Å². The standard InChI is InChI=1S/C13H25N3O6S/c1-4-5-10(13(19)20)16-11(17)6-7-23(21,22)14-8-12(18)15-9(2)3/h9-10,14H,4-8H2,1-3H3,(H,15,18)(H,16,17)(H,19,20). The molecule has 0 aromatic rings. The zero-order chi connectivity index (χ0) is 18.0. The first kappa shape index (κ1) is 21.3. The smallest absolute Gasteiger partial charge is 0.326 e. The van der Waals surface area contributed by atoms with Crippen molar-refractivity contribution in [3.8, 4) is 0 Å². The van der Waals surface area contributed by atoms with Crippen LogP contribution >= 0.6 is 0 Å². The molecule has 0 rings (SSSR count). The van der Waals surface area contributed by atoms with Crippen LogP contribution in [0.15, 0.2) is 0 Å². The van der Waals surface area contributed by atoms with Crippen molar-refractivity contribution >= 4 is 27.8 Å². The number of carboxylic acids is 1. The molecule has 134 valence electrons. The van der Waals surface area contributed by atoms with E-state index in [1.807, 2.05) is 0 Å². The molecule has 1 unspecified atom stereocenters. The summed E-state index contributed by atoms with van der Waals surface area (Å²) in [6.07, 6.45) is 0.456. The predicted octanol–water partition coefficient (Wildman–Crippen LogP) is -0.810. The van der Waals surface area contributed by atoms with Gasteiger partial charge in [0.25, 0.3) is 0 Å². The van der Waals surface area contributed by atoms with Crippen molar-refractivity contribution in [3.63, 3.8) is 0 Å². The van der Waals surface area contributed by atoms with Crippen LogP contribution in [0.4, 0.5) is 0 Å². The van der Waals surface area contributed by atoms with Gasteiger partial charge in [0.2, 0.25) is 21.8 Å². The van der Waals surface area contributed by atoms with Crippen molar-refractivity contribution < 1.29 is 27.9 Å². The van der Waals surface area contributed by atoms with E-state index in [-0.39, 0.29) is 18.9 Å². The summed E-state index contributed by atoms with van der Waals surface area (Å²) >= 11 is 0. The van der Waals surface area contributed by atoms with Gasteiger partial charge in [-0.15, -0.1) is 0 Å². The van der Waals surface area contributed by atoms with E-state index >= 15 is 0 Å². The number of nitrogens with one attached hydrogen (secondary N) is 3. The van der Waals surface area contributed by atoms with Crippen LogP contribution in [0.2, 0.25) is 0 Å². The number of hydrogen-bond acceptors (Lipinski definition) is 5. The summed E-state index contributed by atoms with van der Waals surface area (Å²) in [5.74, 6) is -2.82.